The van der Waals surface area contributed by atoms with Crippen LogP contribution >= 0.6 is 11.3 Å². The Labute approximate surface area is 160 Å². The van der Waals surface area contributed by atoms with Crippen LogP contribution in [0, 0.1) is 5.41 Å². The van der Waals surface area contributed by atoms with Gasteiger partial charge in [0.05, 0.1) is 5.41 Å². The van der Waals surface area contributed by atoms with Crippen LogP contribution in [0.15, 0.2) is 54.6 Å². The van der Waals surface area contributed by atoms with E-state index in [1.165, 1.54) is 19.8 Å². The molecule has 4 heteroatoms. The number of carbonyl (C=O) groups excluding carboxylic acids is 1. The number of esters is 1. The fourth-order valence-electron chi connectivity index (χ4n) is 3.04. The molecule has 2 nitrogen and oxygen atoms in total. The minimum absolute atomic E-state index is 0.159. The second-order valence-corrected chi connectivity index (χ2v) is 14.0. The second kappa shape index (κ2) is 7.01. The number of hydrogen-bond donors (Lipinski definition) is 0. The van der Waals surface area contributed by atoms with E-state index in [0.29, 0.717) is 6.61 Å². The normalized spacial score (nSPS) is 12.3. The maximum atomic E-state index is 12.2. The molecule has 1 heterocycles. The van der Waals surface area contributed by atoms with Gasteiger partial charge in [-0.05, 0) is 53.5 Å². The molecule has 0 bridgehead atoms. The molecule has 0 radical (unpaired) electrons. The Morgan fingerprint density at radius 2 is 1.69 bits per heavy atom. The van der Waals surface area contributed by atoms with Crippen LogP contribution in [0.2, 0.25) is 13.1 Å². The molecular weight excluding hydrogens is 356 g/mol. The molecule has 0 fully saturated rings. The fourth-order valence-corrected chi connectivity index (χ4v) is 7.79. The molecule has 26 heavy (non-hydrogen) atoms. The predicted octanol–water partition coefficient (Wildman–Crippen LogP) is 4.81. The first-order valence-corrected chi connectivity index (χ1v) is 12.8. The summed E-state index contributed by atoms with van der Waals surface area (Å²) in [5, 5.41) is 2.65. The lowest BCUT2D eigenvalue weighted by molar-refractivity contribution is -0.154. The van der Waals surface area contributed by atoms with Crippen LogP contribution in [0.4, 0.5) is 0 Å². The van der Waals surface area contributed by atoms with Gasteiger partial charge < -0.3 is 4.74 Å². The Balaban J connectivity index is 1.94. The molecule has 2 aromatic carbocycles. The maximum Gasteiger partial charge on any atom is 0.311 e. The third-order valence-electron chi connectivity index (χ3n) is 4.70. The van der Waals surface area contributed by atoms with Gasteiger partial charge in [-0.2, -0.15) is 0 Å². The van der Waals surface area contributed by atoms with Crippen LogP contribution in [-0.2, 0) is 16.1 Å². The molecule has 0 saturated heterocycles. The molecule has 0 unspecified atom stereocenters. The molecule has 136 valence electrons. The van der Waals surface area contributed by atoms with E-state index in [1.807, 2.05) is 38.2 Å². The number of ether oxygens (including phenoxy) is 1. The fraction of sp³-hybridized carbons (Fsp3) is 0.318. The molecule has 0 aliphatic rings. The van der Waals surface area contributed by atoms with Gasteiger partial charge in [0.15, 0.2) is 0 Å². The summed E-state index contributed by atoms with van der Waals surface area (Å²) in [5.74, 6) is -0.159. The summed E-state index contributed by atoms with van der Waals surface area (Å²) < 4.78 is 8.40. The maximum absolute atomic E-state index is 12.2. The van der Waals surface area contributed by atoms with Crippen molar-refractivity contribution in [3.05, 3.63) is 60.2 Å². The zero-order valence-electron chi connectivity index (χ0n) is 16.1. The molecule has 3 aromatic rings. The van der Waals surface area contributed by atoms with Crippen LogP contribution in [-0.4, -0.2) is 14.0 Å². The van der Waals surface area contributed by atoms with Gasteiger partial charge in [-0.1, -0.05) is 55.6 Å². The highest BCUT2D eigenvalue weighted by atomic mass is 32.1. The van der Waals surface area contributed by atoms with E-state index in [4.69, 9.17) is 4.74 Å². The predicted molar refractivity (Wildman–Crippen MR) is 114 cm³/mol. The van der Waals surface area contributed by atoms with Gasteiger partial charge in [0, 0.05) is 4.70 Å². The Bertz CT molecular complexity index is 901. The van der Waals surface area contributed by atoms with Gasteiger partial charge in [0.2, 0.25) is 0 Å². The molecule has 0 aliphatic carbocycles. The summed E-state index contributed by atoms with van der Waals surface area (Å²) in [5.41, 5.74) is 0.645. The van der Waals surface area contributed by atoms with Crippen LogP contribution in [0.1, 0.15) is 26.3 Å². The molecule has 0 saturated carbocycles. The Hall–Kier alpha value is -1.91. The highest BCUT2D eigenvalue weighted by molar-refractivity contribution is 7.33. The number of rotatable bonds is 4. The molecule has 0 spiro atoms. The minimum Gasteiger partial charge on any atom is -0.460 e. The smallest absolute Gasteiger partial charge is 0.311 e. The van der Waals surface area contributed by atoms with E-state index in [1.54, 1.807) is 0 Å². The summed E-state index contributed by atoms with van der Waals surface area (Å²) in [6.07, 6.45) is 0. The van der Waals surface area contributed by atoms with Crippen molar-refractivity contribution in [2.24, 2.45) is 5.41 Å². The van der Waals surface area contributed by atoms with E-state index in [9.17, 15) is 4.79 Å². The van der Waals surface area contributed by atoms with E-state index in [-0.39, 0.29) is 5.97 Å². The number of thiophene rings is 1. The van der Waals surface area contributed by atoms with E-state index >= 15 is 0 Å². The summed E-state index contributed by atoms with van der Waals surface area (Å²) in [7, 11) is -1.87. The van der Waals surface area contributed by atoms with Crippen molar-refractivity contribution in [2.45, 2.75) is 40.5 Å². The summed E-state index contributed by atoms with van der Waals surface area (Å²) in [4.78, 5) is 12.2. The molecule has 3 rings (SSSR count). The average Bonchev–Trinajstić information content (AvgIpc) is 3.04. The quantitative estimate of drug-likeness (QED) is 0.478. The SMILES string of the molecule is CC(C)(C)C(=O)OCc1ccccc1[Si](C)(C)c1cc2ccccc2s1. The number of hydrogen-bond acceptors (Lipinski definition) is 3. The van der Waals surface area contributed by atoms with Gasteiger partial charge in [0.1, 0.15) is 14.7 Å². The first-order chi connectivity index (χ1) is 12.2. The first kappa shape index (κ1) is 18.9. The van der Waals surface area contributed by atoms with E-state index in [0.717, 1.165) is 5.56 Å². The Morgan fingerprint density at radius 3 is 2.38 bits per heavy atom. The van der Waals surface area contributed by atoms with Crippen molar-refractivity contribution < 1.29 is 9.53 Å². The minimum atomic E-state index is -1.87. The van der Waals surface area contributed by atoms with Crippen molar-refractivity contribution in [3.8, 4) is 0 Å². The van der Waals surface area contributed by atoms with Crippen molar-refractivity contribution in [2.75, 3.05) is 0 Å². The van der Waals surface area contributed by atoms with Crippen LogP contribution in [0.25, 0.3) is 10.1 Å². The zero-order chi connectivity index (χ0) is 18.9. The largest absolute Gasteiger partial charge is 0.460 e. The highest BCUT2D eigenvalue weighted by Crippen LogP contribution is 2.23. The third-order valence-corrected chi connectivity index (χ3v) is 10.7. The van der Waals surface area contributed by atoms with Crippen molar-refractivity contribution in [3.63, 3.8) is 0 Å². The summed E-state index contributed by atoms with van der Waals surface area (Å²) in [6, 6.07) is 19.3. The molecule has 1 aromatic heterocycles. The monoisotopic (exact) mass is 382 g/mol. The van der Waals surface area contributed by atoms with Crippen molar-refractivity contribution >= 4 is 45.2 Å². The van der Waals surface area contributed by atoms with E-state index in [2.05, 4.69) is 61.6 Å². The Morgan fingerprint density at radius 1 is 1.04 bits per heavy atom. The average molecular weight is 383 g/mol. The summed E-state index contributed by atoms with van der Waals surface area (Å²) >= 11 is 1.89. The van der Waals surface area contributed by atoms with Gasteiger partial charge in [-0.15, -0.1) is 11.3 Å². The highest BCUT2D eigenvalue weighted by Gasteiger charge is 2.31. The number of benzene rings is 2. The Kier molecular flexibility index (Phi) is 5.09. The zero-order valence-corrected chi connectivity index (χ0v) is 17.9. The van der Waals surface area contributed by atoms with Crippen LogP contribution < -0.4 is 9.69 Å². The van der Waals surface area contributed by atoms with Crippen molar-refractivity contribution in [1.29, 1.82) is 0 Å². The number of carbonyl (C=O) groups is 1. The van der Waals surface area contributed by atoms with E-state index < -0.39 is 13.5 Å². The number of fused-ring (bicyclic) bond motifs is 1. The molecule has 0 aliphatic heterocycles. The third kappa shape index (κ3) is 3.76. The lowest BCUT2D eigenvalue weighted by Crippen LogP contribution is -2.53. The lowest BCUT2D eigenvalue weighted by atomic mass is 9.97. The molecule has 0 N–H and O–H groups in total. The van der Waals surface area contributed by atoms with Gasteiger partial charge in [0.25, 0.3) is 0 Å². The van der Waals surface area contributed by atoms with Gasteiger partial charge in [-0.25, -0.2) is 0 Å². The van der Waals surface area contributed by atoms with Gasteiger partial charge >= 0.3 is 5.97 Å². The topological polar surface area (TPSA) is 26.3 Å². The standard InChI is InChI=1S/C22H26O2SSi/c1-22(2,3)21(23)24-15-17-11-7-9-13-19(17)26(4,5)20-14-16-10-6-8-12-18(16)25-20/h6-14H,15H2,1-5H3. The molecule has 0 amide bonds. The van der Waals surface area contributed by atoms with Gasteiger partial charge in [-0.3, -0.25) is 4.79 Å². The lowest BCUT2D eigenvalue weighted by Gasteiger charge is -2.25. The summed E-state index contributed by atoms with van der Waals surface area (Å²) in [6.45, 7) is 10.8. The van der Waals surface area contributed by atoms with Crippen molar-refractivity contribution in [1.82, 2.24) is 0 Å². The van der Waals surface area contributed by atoms with Crippen LogP contribution in [0.3, 0.4) is 0 Å². The second-order valence-electron chi connectivity index (χ2n) is 8.26. The first-order valence-electron chi connectivity index (χ1n) is 8.94. The van der Waals surface area contributed by atoms with Crippen LogP contribution in [0.5, 0.6) is 0 Å². The molecular formula is C22H26O2SSi. The molecule has 0 atom stereocenters.